The molecular weight excluding hydrogens is 242 g/mol. The van der Waals surface area contributed by atoms with Crippen molar-refractivity contribution in [2.24, 2.45) is 0 Å². The van der Waals surface area contributed by atoms with Gasteiger partial charge in [-0.3, -0.25) is 9.69 Å². The van der Waals surface area contributed by atoms with Crippen LogP contribution in [0.4, 0.5) is 5.82 Å². The molecule has 1 aromatic rings. The normalized spacial score (nSPS) is 24.0. The number of amides is 1. The number of carbonyl (C=O) groups excluding carboxylic acids is 1. The smallest absolute Gasteiger partial charge is 0.274 e. The second-order valence-electron chi connectivity index (χ2n) is 5.26. The Bertz CT molecular complexity index is 461. The maximum atomic E-state index is 12.4. The number of rotatable bonds is 1. The summed E-state index contributed by atoms with van der Waals surface area (Å²) in [5.41, 5.74) is 5.88. The van der Waals surface area contributed by atoms with Gasteiger partial charge in [-0.2, -0.15) is 0 Å². The maximum absolute atomic E-state index is 12.4. The highest BCUT2D eigenvalue weighted by atomic mass is 16.2. The van der Waals surface area contributed by atoms with Crippen molar-refractivity contribution in [2.45, 2.75) is 25.3 Å². The van der Waals surface area contributed by atoms with Crippen LogP contribution < -0.4 is 5.73 Å². The molecule has 0 bridgehead atoms. The van der Waals surface area contributed by atoms with Gasteiger partial charge in [-0.05, 0) is 25.8 Å². The molecule has 3 rings (SSSR count). The van der Waals surface area contributed by atoms with Gasteiger partial charge in [0.25, 0.3) is 5.91 Å². The standard InChI is InChI=1S/C13H19N5O/c14-12-8-15-11(7-16-12)13(19)18-6-2-5-17-4-1-3-10(17)9-18/h7-8,10H,1-6,9H2,(H2,14,16). The molecule has 0 saturated carbocycles. The molecule has 1 unspecified atom stereocenters. The lowest BCUT2D eigenvalue weighted by molar-refractivity contribution is 0.0737. The SMILES string of the molecule is Nc1cnc(C(=O)N2CCCN3CCCC3C2)cn1. The molecule has 6 nitrogen and oxygen atoms in total. The van der Waals surface area contributed by atoms with Crippen molar-refractivity contribution < 1.29 is 4.79 Å². The van der Waals surface area contributed by atoms with E-state index in [0.29, 0.717) is 17.6 Å². The fourth-order valence-electron chi connectivity index (χ4n) is 3.00. The number of hydrogen-bond donors (Lipinski definition) is 1. The molecule has 2 fully saturated rings. The molecule has 2 aliphatic heterocycles. The minimum absolute atomic E-state index is 0.0266. The summed E-state index contributed by atoms with van der Waals surface area (Å²) >= 11 is 0. The maximum Gasteiger partial charge on any atom is 0.274 e. The van der Waals surface area contributed by atoms with Crippen LogP contribution in [0, 0.1) is 0 Å². The van der Waals surface area contributed by atoms with Crippen LogP contribution in [0.1, 0.15) is 29.8 Å². The Morgan fingerprint density at radius 3 is 2.84 bits per heavy atom. The van der Waals surface area contributed by atoms with Crippen molar-refractivity contribution in [1.29, 1.82) is 0 Å². The fourth-order valence-corrected chi connectivity index (χ4v) is 3.00. The summed E-state index contributed by atoms with van der Waals surface area (Å²) in [4.78, 5) is 24.9. The number of anilines is 1. The van der Waals surface area contributed by atoms with E-state index in [2.05, 4.69) is 14.9 Å². The summed E-state index contributed by atoms with van der Waals surface area (Å²) < 4.78 is 0. The summed E-state index contributed by atoms with van der Waals surface area (Å²) in [5.74, 6) is 0.315. The second kappa shape index (κ2) is 5.13. The Labute approximate surface area is 112 Å². The van der Waals surface area contributed by atoms with Crippen LogP contribution in [0.3, 0.4) is 0 Å². The van der Waals surface area contributed by atoms with Crippen LogP contribution in [0.25, 0.3) is 0 Å². The van der Waals surface area contributed by atoms with Crippen molar-refractivity contribution >= 4 is 11.7 Å². The van der Waals surface area contributed by atoms with E-state index in [1.54, 1.807) is 0 Å². The van der Waals surface area contributed by atoms with Crippen LogP contribution in [-0.4, -0.2) is 57.9 Å². The van der Waals surface area contributed by atoms with Crippen LogP contribution >= 0.6 is 0 Å². The lowest BCUT2D eigenvalue weighted by atomic mass is 10.2. The third-order valence-electron chi connectivity index (χ3n) is 3.98. The first-order valence-corrected chi connectivity index (χ1v) is 6.85. The Kier molecular flexibility index (Phi) is 3.33. The van der Waals surface area contributed by atoms with Crippen molar-refractivity contribution in [3.63, 3.8) is 0 Å². The molecule has 0 spiro atoms. The van der Waals surface area contributed by atoms with Crippen molar-refractivity contribution in [1.82, 2.24) is 19.8 Å². The summed E-state index contributed by atoms with van der Waals surface area (Å²) in [6.45, 7) is 3.89. The minimum Gasteiger partial charge on any atom is -0.382 e. The largest absolute Gasteiger partial charge is 0.382 e. The Balaban J connectivity index is 1.73. The number of carbonyl (C=O) groups is 1. The van der Waals surface area contributed by atoms with Crippen LogP contribution in [0.2, 0.25) is 0 Å². The first kappa shape index (κ1) is 12.3. The number of nitrogens with zero attached hydrogens (tertiary/aromatic N) is 4. The highest BCUT2D eigenvalue weighted by molar-refractivity contribution is 5.92. The predicted octanol–water partition coefficient (Wildman–Crippen LogP) is 0.369. The quantitative estimate of drug-likeness (QED) is 0.790. The lowest BCUT2D eigenvalue weighted by Crippen LogP contribution is -2.40. The molecule has 1 amide bonds. The molecule has 102 valence electrons. The van der Waals surface area contributed by atoms with E-state index >= 15 is 0 Å². The van der Waals surface area contributed by atoms with Crippen molar-refractivity contribution in [3.8, 4) is 0 Å². The zero-order valence-corrected chi connectivity index (χ0v) is 11.0. The third kappa shape index (κ3) is 2.53. The summed E-state index contributed by atoms with van der Waals surface area (Å²) in [5, 5.41) is 0. The Morgan fingerprint density at radius 2 is 2.05 bits per heavy atom. The van der Waals surface area contributed by atoms with Gasteiger partial charge in [0, 0.05) is 25.7 Å². The molecule has 6 heteroatoms. The van der Waals surface area contributed by atoms with Gasteiger partial charge >= 0.3 is 0 Å². The number of hydrogen-bond acceptors (Lipinski definition) is 5. The molecule has 0 aromatic carbocycles. The van der Waals surface area contributed by atoms with E-state index in [9.17, 15) is 4.79 Å². The van der Waals surface area contributed by atoms with Gasteiger partial charge in [-0.1, -0.05) is 0 Å². The second-order valence-corrected chi connectivity index (χ2v) is 5.26. The average molecular weight is 261 g/mol. The highest BCUT2D eigenvalue weighted by Crippen LogP contribution is 2.22. The van der Waals surface area contributed by atoms with E-state index in [1.165, 1.54) is 31.8 Å². The molecule has 0 aliphatic carbocycles. The van der Waals surface area contributed by atoms with Crippen LogP contribution in [0.15, 0.2) is 12.4 Å². The Hall–Kier alpha value is -1.69. The monoisotopic (exact) mass is 261 g/mol. The minimum atomic E-state index is -0.0266. The summed E-state index contributed by atoms with van der Waals surface area (Å²) in [6, 6.07) is 0.521. The molecule has 19 heavy (non-hydrogen) atoms. The van der Waals surface area contributed by atoms with E-state index in [0.717, 1.165) is 26.1 Å². The fraction of sp³-hybridized carbons (Fsp3) is 0.615. The molecule has 2 aliphatic rings. The number of nitrogen functional groups attached to an aromatic ring is 1. The van der Waals surface area contributed by atoms with E-state index < -0.39 is 0 Å². The highest BCUT2D eigenvalue weighted by Gasteiger charge is 2.31. The number of nitrogens with two attached hydrogens (primary N) is 1. The topological polar surface area (TPSA) is 75.3 Å². The first-order valence-electron chi connectivity index (χ1n) is 6.85. The molecule has 3 heterocycles. The van der Waals surface area contributed by atoms with Crippen LogP contribution in [0.5, 0.6) is 0 Å². The molecule has 1 atom stereocenters. The molecule has 0 radical (unpaired) electrons. The molecule has 2 N–H and O–H groups in total. The zero-order chi connectivity index (χ0) is 13.2. The number of fused-ring (bicyclic) bond motifs is 1. The summed E-state index contributed by atoms with van der Waals surface area (Å²) in [7, 11) is 0. The van der Waals surface area contributed by atoms with Crippen molar-refractivity contribution in [3.05, 3.63) is 18.1 Å². The van der Waals surface area contributed by atoms with E-state index in [4.69, 9.17) is 5.73 Å². The third-order valence-corrected chi connectivity index (χ3v) is 3.98. The van der Waals surface area contributed by atoms with Gasteiger partial charge in [0.15, 0.2) is 0 Å². The predicted molar refractivity (Wildman–Crippen MR) is 71.6 cm³/mol. The van der Waals surface area contributed by atoms with Gasteiger partial charge in [0.2, 0.25) is 0 Å². The number of aromatic nitrogens is 2. The molecule has 1 aromatic heterocycles. The van der Waals surface area contributed by atoms with Gasteiger partial charge in [0.1, 0.15) is 11.5 Å². The molecular formula is C13H19N5O. The van der Waals surface area contributed by atoms with E-state index in [-0.39, 0.29) is 5.91 Å². The van der Waals surface area contributed by atoms with Gasteiger partial charge < -0.3 is 10.6 Å². The van der Waals surface area contributed by atoms with Gasteiger partial charge in [-0.25, -0.2) is 9.97 Å². The Morgan fingerprint density at radius 1 is 1.21 bits per heavy atom. The summed E-state index contributed by atoms with van der Waals surface area (Å²) in [6.07, 6.45) is 6.37. The van der Waals surface area contributed by atoms with Gasteiger partial charge in [0.05, 0.1) is 12.4 Å². The van der Waals surface area contributed by atoms with E-state index in [1.807, 2.05) is 4.90 Å². The van der Waals surface area contributed by atoms with Gasteiger partial charge in [-0.15, -0.1) is 0 Å². The van der Waals surface area contributed by atoms with Crippen LogP contribution in [-0.2, 0) is 0 Å². The average Bonchev–Trinajstić information content (AvgIpc) is 2.76. The van der Waals surface area contributed by atoms with Crippen molar-refractivity contribution in [2.75, 3.05) is 31.9 Å². The zero-order valence-electron chi connectivity index (χ0n) is 11.0. The first-order chi connectivity index (χ1) is 9.24. The molecule has 2 saturated heterocycles. The lowest BCUT2D eigenvalue weighted by Gasteiger charge is -2.25.